The number of rotatable bonds is 2. The van der Waals surface area contributed by atoms with Crippen molar-refractivity contribution < 1.29 is 4.74 Å². The van der Waals surface area contributed by atoms with Crippen LogP contribution in [0.15, 0.2) is 24.4 Å². The van der Waals surface area contributed by atoms with E-state index in [-0.39, 0.29) is 0 Å². The van der Waals surface area contributed by atoms with Crippen LogP contribution in [0, 0.1) is 0 Å². The molecule has 18 heavy (non-hydrogen) atoms. The molecule has 2 heterocycles. The van der Waals surface area contributed by atoms with E-state index in [1.165, 1.54) is 12.8 Å². The molecule has 1 fully saturated rings. The molecular formula is C14H17N3O. The normalized spacial score (nSPS) is 19.9. The molecule has 0 bridgehead atoms. The molecule has 1 aromatic heterocycles. The summed E-state index contributed by atoms with van der Waals surface area (Å²) in [6, 6.07) is 5.91. The largest absolute Gasteiger partial charge is 0.497 e. The number of nitrogens with one attached hydrogen (secondary N) is 1. The zero-order valence-corrected chi connectivity index (χ0v) is 10.5. The SMILES string of the molecule is COc1ccc2nc(C3CCCNC3)ncc2c1. The average molecular weight is 243 g/mol. The van der Waals surface area contributed by atoms with Gasteiger partial charge in [0.1, 0.15) is 11.6 Å². The molecule has 94 valence electrons. The van der Waals surface area contributed by atoms with Gasteiger partial charge in [-0.25, -0.2) is 9.97 Å². The lowest BCUT2D eigenvalue weighted by Crippen LogP contribution is -2.29. The van der Waals surface area contributed by atoms with Gasteiger partial charge in [0, 0.05) is 24.0 Å². The predicted molar refractivity (Wildman–Crippen MR) is 70.9 cm³/mol. The van der Waals surface area contributed by atoms with Crippen LogP contribution in [0.25, 0.3) is 10.9 Å². The summed E-state index contributed by atoms with van der Waals surface area (Å²) in [6.45, 7) is 2.10. The van der Waals surface area contributed by atoms with Crippen molar-refractivity contribution in [1.29, 1.82) is 0 Å². The molecule has 1 saturated heterocycles. The van der Waals surface area contributed by atoms with Gasteiger partial charge in [-0.3, -0.25) is 0 Å². The van der Waals surface area contributed by atoms with Crippen molar-refractivity contribution in [3.8, 4) is 5.75 Å². The van der Waals surface area contributed by atoms with E-state index < -0.39 is 0 Å². The Balaban J connectivity index is 1.95. The van der Waals surface area contributed by atoms with Crippen molar-refractivity contribution in [2.24, 2.45) is 0 Å². The van der Waals surface area contributed by atoms with Crippen LogP contribution in [0.1, 0.15) is 24.6 Å². The molecule has 0 spiro atoms. The zero-order valence-electron chi connectivity index (χ0n) is 10.5. The van der Waals surface area contributed by atoms with Crippen LogP contribution in [0.2, 0.25) is 0 Å². The topological polar surface area (TPSA) is 47.0 Å². The molecule has 0 aliphatic carbocycles. The highest BCUT2D eigenvalue weighted by Gasteiger charge is 2.17. The van der Waals surface area contributed by atoms with E-state index >= 15 is 0 Å². The maximum atomic E-state index is 5.20. The van der Waals surface area contributed by atoms with E-state index in [1.807, 2.05) is 24.4 Å². The molecule has 1 aromatic carbocycles. The zero-order chi connectivity index (χ0) is 12.4. The molecule has 4 nitrogen and oxygen atoms in total. The number of nitrogens with zero attached hydrogens (tertiary/aromatic N) is 2. The van der Waals surface area contributed by atoms with Gasteiger partial charge in [-0.15, -0.1) is 0 Å². The average Bonchev–Trinajstić information content (AvgIpc) is 2.47. The van der Waals surface area contributed by atoms with Crippen molar-refractivity contribution in [2.45, 2.75) is 18.8 Å². The second kappa shape index (κ2) is 4.90. The Morgan fingerprint density at radius 2 is 2.33 bits per heavy atom. The number of hydrogen-bond donors (Lipinski definition) is 1. The Labute approximate surface area is 106 Å². The third-order valence-corrected chi connectivity index (χ3v) is 3.47. The fourth-order valence-corrected chi connectivity index (χ4v) is 2.42. The second-order valence-electron chi connectivity index (χ2n) is 4.70. The van der Waals surface area contributed by atoms with Crippen molar-refractivity contribution in [3.05, 3.63) is 30.2 Å². The summed E-state index contributed by atoms with van der Waals surface area (Å²) in [5.74, 6) is 2.25. The Morgan fingerprint density at radius 3 is 3.11 bits per heavy atom. The van der Waals surface area contributed by atoms with Crippen molar-refractivity contribution >= 4 is 10.9 Å². The lowest BCUT2D eigenvalue weighted by atomic mass is 9.99. The number of benzene rings is 1. The fraction of sp³-hybridized carbons (Fsp3) is 0.429. The Hall–Kier alpha value is -1.68. The summed E-state index contributed by atoms with van der Waals surface area (Å²) < 4.78 is 5.20. The summed E-state index contributed by atoms with van der Waals surface area (Å²) in [5.41, 5.74) is 0.992. The number of piperidine rings is 1. The highest BCUT2D eigenvalue weighted by Crippen LogP contribution is 2.23. The van der Waals surface area contributed by atoms with E-state index in [2.05, 4.69) is 15.3 Å². The Morgan fingerprint density at radius 1 is 1.39 bits per heavy atom. The van der Waals surface area contributed by atoms with Crippen LogP contribution in [0.4, 0.5) is 0 Å². The molecule has 0 amide bonds. The van der Waals surface area contributed by atoms with E-state index in [0.717, 1.165) is 35.6 Å². The summed E-state index contributed by atoms with van der Waals surface area (Å²) in [5, 5.41) is 4.43. The molecule has 1 aliphatic rings. The quantitative estimate of drug-likeness (QED) is 0.877. The van der Waals surface area contributed by atoms with Gasteiger partial charge in [0.25, 0.3) is 0 Å². The van der Waals surface area contributed by atoms with E-state index in [0.29, 0.717) is 5.92 Å². The van der Waals surface area contributed by atoms with E-state index in [4.69, 9.17) is 4.74 Å². The molecule has 4 heteroatoms. The maximum absolute atomic E-state index is 5.20. The predicted octanol–water partition coefficient (Wildman–Crippen LogP) is 2.11. The Kier molecular flexibility index (Phi) is 3.11. The molecule has 1 unspecified atom stereocenters. The number of methoxy groups -OCH3 is 1. The van der Waals surface area contributed by atoms with Crippen LogP contribution >= 0.6 is 0 Å². The van der Waals surface area contributed by atoms with Gasteiger partial charge in [0.15, 0.2) is 0 Å². The molecule has 0 radical (unpaired) electrons. The number of hydrogen-bond acceptors (Lipinski definition) is 4. The minimum absolute atomic E-state index is 0.449. The van der Waals surface area contributed by atoms with E-state index in [1.54, 1.807) is 7.11 Å². The van der Waals surface area contributed by atoms with Crippen molar-refractivity contribution in [3.63, 3.8) is 0 Å². The van der Waals surface area contributed by atoms with Gasteiger partial charge in [0.05, 0.1) is 12.6 Å². The van der Waals surface area contributed by atoms with Crippen LogP contribution in [-0.2, 0) is 0 Å². The fourth-order valence-electron chi connectivity index (χ4n) is 2.42. The summed E-state index contributed by atoms with van der Waals surface area (Å²) in [4.78, 5) is 9.17. The smallest absolute Gasteiger partial charge is 0.133 e. The van der Waals surface area contributed by atoms with Gasteiger partial charge in [-0.05, 0) is 37.6 Å². The standard InChI is InChI=1S/C14H17N3O/c1-18-12-4-5-13-11(7-12)9-16-14(17-13)10-3-2-6-15-8-10/h4-5,7,9-10,15H,2-3,6,8H2,1H3. The lowest BCUT2D eigenvalue weighted by molar-refractivity contribution is 0.415. The van der Waals surface area contributed by atoms with Crippen molar-refractivity contribution in [2.75, 3.05) is 20.2 Å². The van der Waals surface area contributed by atoms with Crippen LogP contribution in [-0.4, -0.2) is 30.2 Å². The first-order chi connectivity index (χ1) is 8.86. The van der Waals surface area contributed by atoms with E-state index in [9.17, 15) is 0 Å². The van der Waals surface area contributed by atoms with Crippen LogP contribution in [0.3, 0.4) is 0 Å². The van der Waals surface area contributed by atoms with Gasteiger partial charge in [-0.2, -0.15) is 0 Å². The minimum atomic E-state index is 0.449. The third kappa shape index (κ3) is 2.16. The minimum Gasteiger partial charge on any atom is -0.497 e. The van der Waals surface area contributed by atoms with Gasteiger partial charge < -0.3 is 10.1 Å². The van der Waals surface area contributed by atoms with Crippen molar-refractivity contribution in [1.82, 2.24) is 15.3 Å². The summed E-state index contributed by atoms with van der Waals surface area (Å²) in [6.07, 6.45) is 4.28. The number of aromatic nitrogens is 2. The summed E-state index contributed by atoms with van der Waals surface area (Å²) in [7, 11) is 1.67. The molecule has 0 saturated carbocycles. The number of ether oxygens (including phenoxy) is 1. The summed E-state index contributed by atoms with van der Waals surface area (Å²) >= 11 is 0. The van der Waals surface area contributed by atoms with Gasteiger partial charge in [-0.1, -0.05) is 0 Å². The number of fused-ring (bicyclic) bond motifs is 1. The first-order valence-electron chi connectivity index (χ1n) is 6.38. The first kappa shape index (κ1) is 11.4. The molecule has 3 rings (SSSR count). The third-order valence-electron chi connectivity index (χ3n) is 3.47. The van der Waals surface area contributed by atoms with Gasteiger partial charge >= 0.3 is 0 Å². The first-order valence-corrected chi connectivity index (χ1v) is 6.38. The molecule has 1 aliphatic heterocycles. The molecule has 1 atom stereocenters. The van der Waals surface area contributed by atoms with Crippen LogP contribution in [0.5, 0.6) is 5.75 Å². The second-order valence-corrected chi connectivity index (χ2v) is 4.70. The highest BCUT2D eigenvalue weighted by molar-refractivity contribution is 5.79. The highest BCUT2D eigenvalue weighted by atomic mass is 16.5. The maximum Gasteiger partial charge on any atom is 0.133 e. The lowest BCUT2D eigenvalue weighted by Gasteiger charge is -2.21. The molecular weight excluding hydrogens is 226 g/mol. The monoisotopic (exact) mass is 243 g/mol. The van der Waals surface area contributed by atoms with Gasteiger partial charge in [0.2, 0.25) is 0 Å². The Bertz CT molecular complexity index is 550. The molecule has 2 aromatic rings. The van der Waals surface area contributed by atoms with Crippen LogP contribution < -0.4 is 10.1 Å². The molecule has 1 N–H and O–H groups in total.